The molecule has 2 unspecified atom stereocenters. The Hall–Kier alpha value is -0.890. The Morgan fingerprint density at radius 3 is 3.13 bits per heavy atom. The molecule has 3 aliphatic rings. The summed E-state index contributed by atoms with van der Waals surface area (Å²) in [6.45, 7) is 0.948. The minimum atomic E-state index is 0.568. The van der Waals surface area contributed by atoms with Crippen molar-refractivity contribution >= 4 is 20.6 Å². The van der Waals surface area contributed by atoms with Gasteiger partial charge >= 0.3 is 0 Å². The van der Waals surface area contributed by atoms with Crippen molar-refractivity contribution in [1.29, 1.82) is 0 Å². The number of halogens is 1. The molecule has 0 fully saturated rings. The maximum atomic E-state index is 4.45. The van der Waals surface area contributed by atoms with E-state index in [0.717, 1.165) is 11.2 Å². The van der Waals surface area contributed by atoms with Crippen LogP contribution in [-0.2, 0) is 0 Å². The van der Waals surface area contributed by atoms with Gasteiger partial charge in [0.1, 0.15) is 4.62 Å². The third kappa shape index (κ3) is 1.48. The molecule has 0 aromatic heterocycles. The third-order valence-corrected chi connectivity index (χ3v) is 4.03. The second-order valence-corrected chi connectivity index (χ2v) is 4.88. The van der Waals surface area contributed by atoms with Crippen molar-refractivity contribution in [3.8, 4) is 0 Å². The Labute approximate surface area is 98.1 Å². The molecular formula is C13H12BrN. The van der Waals surface area contributed by atoms with Crippen LogP contribution in [0.4, 0.5) is 0 Å². The highest BCUT2D eigenvalue weighted by molar-refractivity contribution is 9.18. The van der Waals surface area contributed by atoms with E-state index >= 15 is 0 Å². The molecule has 0 aromatic carbocycles. The van der Waals surface area contributed by atoms with Crippen molar-refractivity contribution in [2.45, 2.75) is 6.42 Å². The number of allylic oxidation sites excluding steroid dienone is 8. The van der Waals surface area contributed by atoms with Crippen molar-refractivity contribution in [3.63, 3.8) is 0 Å². The summed E-state index contributed by atoms with van der Waals surface area (Å²) in [4.78, 5) is 4.45. The van der Waals surface area contributed by atoms with E-state index in [1.54, 1.807) is 0 Å². The van der Waals surface area contributed by atoms with Crippen molar-refractivity contribution in [2.75, 3.05) is 6.54 Å². The SMILES string of the molecule is BrC1=NCCC2C1=CC=C1C=CC=CC12. The first-order valence-electron chi connectivity index (χ1n) is 5.33. The Morgan fingerprint density at radius 1 is 1.27 bits per heavy atom. The summed E-state index contributed by atoms with van der Waals surface area (Å²) in [7, 11) is 0. The Bertz CT molecular complexity index is 437. The van der Waals surface area contributed by atoms with E-state index in [1.165, 1.54) is 17.6 Å². The molecule has 0 radical (unpaired) electrons. The molecule has 0 spiro atoms. The normalized spacial score (nSPS) is 32.5. The Balaban J connectivity index is 2.06. The molecule has 2 heteroatoms. The van der Waals surface area contributed by atoms with Gasteiger partial charge in [0.25, 0.3) is 0 Å². The van der Waals surface area contributed by atoms with Gasteiger partial charge in [0.2, 0.25) is 0 Å². The molecule has 3 rings (SSSR count). The fourth-order valence-corrected chi connectivity index (χ4v) is 3.16. The predicted molar refractivity (Wildman–Crippen MR) is 67.3 cm³/mol. The van der Waals surface area contributed by atoms with Crippen LogP contribution in [0.3, 0.4) is 0 Å². The summed E-state index contributed by atoms with van der Waals surface area (Å²) >= 11 is 3.56. The van der Waals surface area contributed by atoms with Gasteiger partial charge in [0.15, 0.2) is 0 Å². The van der Waals surface area contributed by atoms with Crippen molar-refractivity contribution < 1.29 is 0 Å². The van der Waals surface area contributed by atoms with Gasteiger partial charge in [-0.05, 0) is 39.4 Å². The fraction of sp³-hybridized carbons (Fsp3) is 0.308. The number of fused-ring (bicyclic) bond motifs is 3. The average Bonchev–Trinajstić information content (AvgIpc) is 2.29. The molecule has 15 heavy (non-hydrogen) atoms. The largest absolute Gasteiger partial charge is 0.278 e. The van der Waals surface area contributed by atoms with Gasteiger partial charge in [-0.25, -0.2) is 0 Å². The molecule has 1 heterocycles. The van der Waals surface area contributed by atoms with Gasteiger partial charge in [-0.1, -0.05) is 36.5 Å². The zero-order chi connectivity index (χ0) is 10.3. The lowest BCUT2D eigenvalue weighted by atomic mass is 9.73. The van der Waals surface area contributed by atoms with E-state index in [2.05, 4.69) is 57.4 Å². The number of aliphatic imine (C=N–C) groups is 1. The molecule has 2 aliphatic carbocycles. The molecule has 0 amide bonds. The van der Waals surface area contributed by atoms with Crippen LogP contribution in [0.5, 0.6) is 0 Å². The molecule has 0 saturated carbocycles. The molecule has 1 nitrogen and oxygen atoms in total. The van der Waals surface area contributed by atoms with E-state index in [0.29, 0.717) is 11.8 Å². The van der Waals surface area contributed by atoms with E-state index in [4.69, 9.17) is 0 Å². The van der Waals surface area contributed by atoms with E-state index in [-0.39, 0.29) is 0 Å². The summed E-state index contributed by atoms with van der Waals surface area (Å²) in [5.74, 6) is 1.19. The number of nitrogens with zero attached hydrogens (tertiary/aromatic N) is 1. The van der Waals surface area contributed by atoms with E-state index in [1.807, 2.05) is 0 Å². The molecule has 0 saturated heterocycles. The van der Waals surface area contributed by atoms with Crippen molar-refractivity contribution in [1.82, 2.24) is 0 Å². The van der Waals surface area contributed by atoms with Crippen molar-refractivity contribution in [2.24, 2.45) is 16.8 Å². The number of hydrogen-bond donors (Lipinski definition) is 0. The zero-order valence-electron chi connectivity index (χ0n) is 8.36. The lowest BCUT2D eigenvalue weighted by Crippen LogP contribution is -2.26. The van der Waals surface area contributed by atoms with Crippen LogP contribution in [0.1, 0.15) is 6.42 Å². The maximum Gasteiger partial charge on any atom is 0.104 e. The predicted octanol–water partition coefficient (Wildman–Crippen LogP) is 3.41. The van der Waals surface area contributed by atoms with Gasteiger partial charge in [-0.15, -0.1) is 0 Å². The van der Waals surface area contributed by atoms with Crippen LogP contribution in [0, 0.1) is 11.8 Å². The molecular weight excluding hydrogens is 250 g/mol. The van der Waals surface area contributed by atoms with Gasteiger partial charge in [0.05, 0.1) is 0 Å². The highest BCUT2D eigenvalue weighted by Gasteiger charge is 2.31. The highest BCUT2D eigenvalue weighted by atomic mass is 79.9. The highest BCUT2D eigenvalue weighted by Crippen LogP contribution is 2.40. The quantitative estimate of drug-likeness (QED) is 0.634. The molecule has 0 aromatic rings. The summed E-state index contributed by atoms with van der Waals surface area (Å²) in [6.07, 6.45) is 14.4. The summed E-state index contributed by atoms with van der Waals surface area (Å²) in [5, 5.41) is 0. The topological polar surface area (TPSA) is 12.4 Å². The first-order valence-corrected chi connectivity index (χ1v) is 6.12. The number of hydrogen-bond acceptors (Lipinski definition) is 1. The summed E-state index contributed by atoms with van der Waals surface area (Å²) in [6, 6.07) is 0. The Morgan fingerprint density at radius 2 is 2.20 bits per heavy atom. The fourth-order valence-electron chi connectivity index (χ4n) is 2.56. The first-order chi connectivity index (χ1) is 7.36. The molecule has 76 valence electrons. The standard InChI is InChI=1S/C13H12BrN/c14-13-12-6-5-9-3-1-2-4-10(9)11(12)7-8-15-13/h1-6,10-11H,7-8H2. The summed E-state index contributed by atoms with van der Waals surface area (Å²) < 4.78 is 1.05. The zero-order valence-corrected chi connectivity index (χ0v) is 9.94. The van der Waals surface area contributed by atoms with Crippen LogP contribution in [0.25, 0.3) is 0 Å². The summed E-state index contributed by atoms with van der Waals surface area (Å²) in [5.41, 5.74) is 2.81. The second kappa shape index (κ2) is 3.60. The molecule has 2 atom stereocenters. The minimum absolute atomic E-state index is 0.568. The average molecular weight is 262 g/mol. The maximum absolute atomic E-state index is 4.45. The lowest BCUT2D eigenvalue weighted by Gasteiger charge is -2.33. The number of rotatable bonds is 0. The molecule has 1 aliphatic heterocycles. The van der Waals surface area contributed by atoms with Gasteiger partial charge in [-0.2, -0.15) is 0 Å². The second-order valence-electron chi connectivity index (χ2n) is 4.13. The van der Waals surface area contributed by atoms with Crippen molar-refractivity contribution in [3.05, 3.63) is 47.6 Å². The van der Waals surface area contributed by atoms with Crippen LogP contribution in [0.2, 0.25) is 0 Å². The smallest absolute Gasteiger partial charge is 0.104 e. The first kappa shape index (κ1) is 9.34. The van der Waals surface area contributed by atoms with Gasteiger partial charge in [-0.3, -0.25) is 4.99 Å². The van der Waals surface area contributed by atoms with Crippen LogP contribution in [0.15, 0.2) is 52.6 Å². The molecule has 0 bridgehead atoms. The van der Waals surface area contributed by atoms with Gasteiger partial charge in [0, 0.05) is 12.5 Å². The van der Waals surface area contributed by atoms with Crippen LogP contribution >= 0.6 is 15.9 Å². The van der Waals surface area contributed by atoms with Crippen LogP contribution in [-0.4, -0.2) is 11.2 Å². The monoisotopic (exact) mass is 261 g/mol. The van der Waals surface area contributed by atoms with Crippen LogP contribution < -0.4 is 0 Å². The van der Waals surface area contributed by atoms with Gasteiger partial charge < -0.3 is 0 Å². The Kier molecular flexibility index (Phi) is 2.24. The van der Waals surface area contributed by atoms with E-state index < -0.39 is 0 Å². The minimum Gasteiger partial charge on any atom is -0.278 e. The lowest BCUT2D eigenvalue weighted by molar-refractivity contribution is 0.480. The van der Waals surface area contributed by atoms with E-state index in [9.17, 15) is 0 Å². The molecule has 0 N–H and O–H groups in total. The third-order valence-electron chi connectivity index (χ3n) is 3.32.